The van der Waals surface area contributed by atoms with Crippen LogP contribution in [0.25, 0.3) is 0 Å². The van der Waals surface area contributed by atoms with Gasteiger partial charge in [-0.1, -0.05) is 152 Å². The Bertz CT molecular complexity index is 937. The number of hydrogen-bond acceptors (Lipinski definition) is 4. The number of nitrogens with one attached hydrogen (secondary N) is 1. The molecular weight excluding hydrogens is 647 g/mol. The Hall–Kier alpha value is -2.63. The van der Waals surface area contributed by atoms with Crippen molar-refractivity contribution in [3.8, 4) is 0 Å². The van der Waals surface area contributed by atoms with Gasteiger partial charge in [-0.25, -0.2) is 0 Å². The summed E-state index contributed by atoms with van der Waals surface area (Å²) in [6.07, 6.45) is 52.3. The summed E-state index contributed by atoms with van der Waals surface area (Å²) >= 11 is 0. The largest absolute Gasteiger partial charge is 0.480 e. The molecule has 0 spiro atoms. The summed E-state index contributed by atoms with van der Waals surface area (Å²) in [7, 11) is 0. The Morgan fingerprint density at radius 2 is 0.904 bits per heavy atom. The van der Waals surface area contributed by atoms with Crippen LogP contribution in [0.2, 0.25) is 0 Å². The minimum absolute atomic E-state index is 0.0196. The van der Waals surface area contributed by atoms with Crippen LogP contribution in [0.4, 0.5) is 0 Å². The van der Waals surface area contributed by atoms with Crippen LogP contribution in [0.3, 0.4) is 0 Å². The van der Waals surface area contributed by atoms with Gasteiger partial charge in [0.05, 0.1) is 0 Å². The van der Waals surface area contributed by atoms with E-state index in [9.17, 15) is 14.4 Å². The molecule has 0 heterocycles. The van der Waals surface area contributed by atoms with Gasteiger partial charge in [-0.15, -0.1) is 0 Å². The van der Waals surface area contributed by atoms with Gasteiger partial charge in [0.25, 0.3) is 0 Å². The van der Waals surface area contributed by atoms with E-state index in [-0.39, 0.29) is 24.5 Å². The highest BCUT2D eigenvalue weighted by molar-refractivity contribution is 5.80. The van der Waals surface area contributed by atoms with Gasteiger partial charge in [-0.3, -0.25) is 14.4 Å². The van der Waals surface area contributed by atoms with Crippen LogP contribution in [-0.2, 0) is 19.1 Å². The van der Waals surface area contributed by atoms with E-state index in [4.69, 9.17) is 9.84 Å². The molecule has 6 nitrogen and oxygen atoms in total. The summed E-state index contributed by atoms with van der Waals surface area (Å²) in [5, 5.41) is 11.1. The van der Waals surface area contributed by atoms with E-state index < -0.39 is 5.97 Å². The second kappa shape index (κ2) is 41.1. The molecule has 0 bridgehead atoms. The molecule has 0 fully saturated rings. The lowest BCUT2D eigenvalue weighted by molar-refractivity contribution is -0.150. The number of carbonyl (C=O) groups excluding carboxylic acids is 2. The zero-order valence-corrected chi connectivity index (χ0v) is 33.9. The lowest BCUT2D eigenvalue weighted by Gasteiger charge is -2.18. The molecule has 0 aromatic carbocycles. The normalized spacial score (nSPS) is 12.5. The zero-order chi connectivity index (χ0) is 38.0. The third kappa shape index (κ3) is 40.1. The monoisotopic (exact) mass is 728 g/mol. The summed E-state index contributed by atoms with van der Waals surface area (Å²) in [6, 6.07) is 0. The predicted molar refractivity (Wildman–Crippen MR) is 222 cm³/mol. The van der Waals surface area contributed by atoms with Crippen LogP contribution in [0, 0.1) is 0 Å². The standard InChI is InChI=1S/C46H81NO5/c1-3-5-7-9-11-13-15-16-17-18-19-20-21-22-24-26-28-33-37-41-46(51)52-43(38-34-30-27-25-23-14-12-10-8-6-4-2)39-35-31-29-32-36-40-44(48)47-42-45(49)50/h11-14,16-17,25,27,43H,3-10,15,18-24,26,28-42H2,1-2H3,(H,47,48)(H,49,50)/b13-11-,14-12-,17-16-,27-25-. The van der Waals surface area contributed by atoms with Crippen molar-refractivity contribution in [2.75, 3.05) is 6.54 Å². The van der Waals surface area contributed by atoms with Gasteiger partial charge in [0, 0.05) is 12.8 Å². The van der Waals surface area contributed by atoms with Gasteiger partial charge >= 0.3 is 11.9 Å². The lowest BCUT2D eigenvalue weighted by atomic mass is 10.0. The van der Waals surface area contributed by atoms with Gasteiger partial charge in [0.15, 0.2) is 0 Å². The zero-order valence-electron chi connectivity index (χ0n) is 33.9. The highest BCUT2D eigenvalue weighted by atomic mass is 16.5. The average Bonchev–Trinajstić information content (AvgIpc) is 3.13. The minimum Gasteiger partial charge on any atom is -0.480 e. The first kappa shape index (κ1) is 49.4. The first-order chi connectivity index (χ1) is 25.5. The number of allylic oxidation sites excluding steroid dienone is 8. The van der Waals surface area contributed by atoms with Crippen molar-refractivity contribution < 1.29 is 24.2 Å². The molecule has 1 unspecified atom stereocenters. The Balaban J connectivity index is 4.15. The number of carbonyl (C=O) groups is 3. The highest BCUT2D eigenvalue weighted by Crippen LogP contribution is 2.18. The summed E-state index contributed by atoms with van der Waals surface area (Å²) < 4.78 is 6.00. The fourth-order valence-corrected chi connectivity index (χ4v) is 6.23. The molecule has 0 rings (SSSR count). The summed E-state index contributed by atoms with van der Waals surface area (Å²) in [5.41, 5.74) is 0. The van der Waals surface area contributed by atoms with E-state index in [2.05, 4.69) is 67.8 Å². The SMILES string of the molecule is CCCCC/C=C\C/C=C\CCCCCCCCCCCC(=O)OC(CCC/C=C\C/C=C\CCCCC)CCCCCCCC(=O)NCC(=O)O. The molecule has 1 amide bonds. The number of ether oxygens (including phenoxy) is 1. The Kier molecular flexibility index (Phi) is 39.1. The van der Waals surface area contributed by atoms with E-state index in [0.717, 1.165) is 83.5 Å². The molecule has 0 aliphatic heterocycles. The van der Waals surface area contributed by atoms with E-state index in [1.54, 1.807) is 0 Å². The van der Waals surface area contributed by atoms with Crippen molar-refractivity contribution in [1.82, 2.24) is 5.32 Å². The quantitative estimate of drug-likeness (QED) is 0.0373. The number of hydrogen-bond donors (Lipinski definition) is 2. The van der Waals surface area contributed by atoms with E-state index >= 15 is 0 Å². The van der Waals surface area contributed by atoms with E-state index in [0.29, 0.717) is 12.8 Å². The smallest absolute Gasteiger partial charge is 0.322 e. The van der Waals surface area contributed by atoms with Gasteiger partial charge in [0.1, 0.15) is 12.6 Å². The molecule has 6 heteroatoms. The van der Waals surface area contributed by atoms with Gasteiger partial charge < -0.3 is 15.2 Å². The Morgan fingerprint density at radius 1 is 0.500 bits per heavy atom. The van der Waals surface area contributed by atoms with Crippen molar-refractivity contribution in [2.45, 2.75) is 219 Å². The van der Waals surface area contributed by atoms with Crippen LogP contribution >= 0.6 is 0 Å². The summed E-state index contributed by atoms with van der Waals surface area (Å²) in [6.45, 7) is 4.17. The minimum atomic E-state index is -1.02. The molecular formula is C46H81NO5. The first-order valence-electron chi connectivity index (χ1n) is 21.8. The fraction of sp³-hybridized carbons (Fsp3) is 0.761. The van der Waals surface area contributed by atoms with Crippen LogP contribution < -0.4 is 5.32 Å². The molecule has 1 atom stereocenters. The number of carboxylic acid groups (broad SMARTS) is 1. The van der Waals surface area contributed by atoms with Crippen molar-refractivity contribution in [3.63, 3.8) is 0 Å². The van der Waals surface area contributed by atoms with Crippen molar-refractivity contribution in [2.24, 2.45) is 0 Å². The van der Waals surface area contributed by atoms with Gasteiger partial charge in [0.2, 0.25) is 5.91 Å². The predicted octanol–water partition coefficient (Wildman–Crippen LogP) is 13.5. The fourth-order valence-electron chi connectivity index (χ4n) is 6.23. The summed E-state index contributed by atoms with van der Waals surface area (Å²) in [5.74, 6) is -1.26. The number of unbranched alkanes of at least 4 members (excludes halogenated alkanes) is 20. The molecule has 300 valence electrons. The van der Waals surface area contributed by atoms with Crippen molar-refractivity contribution >= 4 is 17.8 Å². The molecule has 0 aliphatic rings. The second-order valence-corrected chi connectivity index (χ2v) is 14.6. The Labute approximate surface area is 320 Å². The number of amides is 1. The van der Waals surface area contributed by atoms with Crippen LogP contribution in [0.1, 0.15) is 213 Å². The molecule has 0 aliphatic carbocycles. The first-order valence-corrected chi connectivity index (χ1v) is 21.8. The highest BCUT2D eigenvalue weighted by Gasteiger charge is 2.14. The maximum Gasteiger partial charge on any atom is 0.322 e. The Morgan fingerprint density at radius 3 is 1.40 bits per heavy atom. The molecule has 2 N–H and O–H groups in total. The van der Waals surface area contributed by atoms with Gasteiger partial charge in [-0.2, -0.15) is 0 Å². The molecule has 0 saturated heterocycles. The topological polar surface area (TPSA) is 92.7 Å². The van der Waals surface area contributed by atoms with Crippen molar-refractivity contribution in [1.29, 1.82) is 0 Å². The maximum absolute atomic E-state index is 12.7. The summed E-state index contributed by atoms with van der Waals surface area (Å²) in [4.78, 5) is 35.0. The van der Waals surface area contributed by atoms with E-state index in [1.807, 2.05) is 0 Å². The molecule has 0 aromatic rings. The molecule has 52 heavy (non-hydrogen) atoms. The number of esters is 1. The molecule has 0 radical (unpaired) electrons. The van der Waals surface area contributed by atoms with Gasteiger partial charge in [-0.05, 0) is 96.3 Å². The number of aliphatic carboxylic acids is 1. The van der Waals surface area contributed by atoms with Crippen LogP contribution in [0.5, 0.6) is 0 Å². The number of carboxylic acids is 1. The van der Waals surface area contributed by atoms with E-state index in [1.165, 1.54) is 103 Å². The maximum atomic E-state index is 12.7. The van der Waals surface area contributed by atoms with Crippen LogP contribution in [-0.4, -0.2) is 35.6 Å². The van der Waals surface area contributed by atoms with Crippen LogP contribution in [0.15, 0.2) is 48.6 Å². The van der Waals surface area contributed by atoms with Crippen molar-refractivity contribution in [3.05, 3.63) is 48.6 Å². The third-order valence-corrected chi connectivity index (χ3v) is 9.47. The number of rotatable bonds is 39. The average molecular weight is 728 g/mol. The molecule has 0 saturated carbocycles. The second-order valence-electron chi connectivity index (χ2n) is 14.6. The molecule has 0 aromatic heterocycles. The third-order valence-electron chi connectivity index (χ3n) is 9.47. The lowest BCUT2D eigenvalue weighted by Crippen LogP contribution is -2.28.